The van der Waals surface area contributed by atoms with Crippen LogP contribution in [0.4, 0.5) is 0 Å². The molecule has 0 fully saturated rings. The van der Waals surface area contributed by atoms with Gasteiger partial charge in [0, 0.05) is 11.8 Å². The van der Waals surface area contributed by atoms with Crippen LogP contribution in [0.25, 0.3) is 16.9 Å². The van der Waals surface area contributed by atoms with E-state index in [-0.39, 0.29) is 24.3 Å². The van der Waals surface area contributed by atoms with Crippen molar-refractivity contribution in [2.75, 3.05) is 12.9 Å². The standard InChI is InChI=1S/C20H20N4O6S/c1-31(28,29)17-11-9-15(10-12-17)20-14-19(18(22-25)8-5-13-30-24(26)27)21-23(20)16-6-3-2-4-7-16/h2-4,6-7,9-12,14,18H,5,8,13H2,1H3. The molecule has 0 aliphatic carbocycles. The van der Waals surface area contributed by atoms with E-state index in [0.717, 1.165) is 11.9 Å². The molecule has 162 valence electrons. The van der Waals surface area contributed by atoms with Crippen LogP contribution in [0.2, 0.25) is 0 Å². The highest BCUT2D eigenvalue weighted by molar-refractivity contribution is 7.90. The van der Waals surface area contributed by atoms with Gasteiger partial charge in [0.15, 0.2) is 9.84 Å². The lowest BCUT2D eigenvalue weighted by atomic mass is 10.1. The van der Waals surface area contributed by atoms with E-state index < -0.39 is 21.0 Å². The van der Waals surface area contributed by atoms with Gasteiger partial charge in [-0.1, -0.05) is 35.5 Å². The van der Waals surface area contributed by atoms with E-state index in [9.17, 15) is 23.4 Å². The van der Waals surface area contributed by atoms with Gasteiger partial charge in [0.05, 0.1) is 28.6 Å². The molecule has 0 N–H and O–H groups in total. The fourth-order valence-electron chi connectivity index (χ4n) is 3.08. The second-order valence-electron chi connectivity index (χ2n) is 6.82. The average molecular weight is 444 g/mol. The Morgan fingerprint density at radius 1 is 1.16 bits per heavy atom. The average Bonchev–Trinajstić information content (AvgIpc) is 3.19. The van der Waals surface area contributed by atoms with Crippen molar-refractivity contribution < 1.29 is 18.3 Å². The molecule has 0 amide bonds. The smallest absolute Gasteiger partial charge is 0.294 e. The van der Waals surface area contributed by atoms with Crippen LogP contribution in [0.5, 0.6) is 0 Å². The third kappa shape index (κ3) is 5.51. The number of para-hydroxylation sites is 1. The molecule has 3 rings (SSSR count). The van der Waals surface area contributed by atoms with Crippen molar-refractivity contribution in [3.63, 3.8) is 0 Å². The van der Waals surface area contributed by atoms with E-state index in [1.165, 1.54) is 12.1 Å². The minimum Gasteiger partial charge on any atom is -0.314 e. The van der Waals surface area contributed by atoms with E-state index in [2.05, 4.69) is 15.1 Å². The summed E-state index contributed by atoms with van der Waals surface area (Å²) in [6.45, 7) is -0.141. The zero-order valence-electron chi connectivity index (χ0n) is 16.6. The fourth-order valence-corrected chi connectivity index (χ4v) is 3.71. The molecule has 0 bridgehead atoms. The summed E-state index contributed by atoms with van der Waals surface area (Å²) in [5.41, 5.74) is 2.51. The van der Waals surface area contributed by atoms with Crippen molar-refractivity contribution in [3.8, 4) is 16.9 Å². The maximum absolute atomic E-state index is 11.8. The zero-order valence-corrected chi connectivity index (χ0v) is 17.4. The SMILES string of the molecule is CS(=O)(=O)c1ccc(-c2cc(C(CCCO[N+](=O)[O-])N=O)nn2-c2ccccc2)cc1. The molecule has 2 aromatic carbocycles. The summed E-state index contributed by atoms with van der Waals surface area (Å²) in [6.07, 6.45) is 1.63. The highest BCUT2D eigenvalue weighted by atomic mass is 32.2. The van der Waals surface area contributed by atoms with E-state index in [1.807, 2.05) is 30.3 Å². The molecule has 1 atom stereocenters. The Balaban J connectivity index is 1.97. The summed E-state index contributed by atoms with van der Waals surface area (Å²) in [5, 5.41) is 17.1. The van der Waals surface area contributed by atoms with Gasteiger partial charge in [-0.05, 0) is 43.2 Å². The number of sulfone groups is 1. The van der Waals surface area contributed by atoms with Crippen LogP contribution in [0.1, 0.15) is 24.6 Å². The van der Waals surface area contributed by atoms with E-state index in [0.29, 0.717) is 17.0 Å². The van der Waals surface area contributed by atoms with E-state index >= 15 is 0 Å². The van der Waals surface area contributed by atoms with Crippen molar-refractivity contribution in [2.45, 2.75) is 23.8 Å². The van der Waals surface area contributed by atoms with Crippen LogP contribution in [-0.2, 0) is 14.7 Å². The lowest BCUT2D eigenvalue weighted by Crippen LogP contribution is -2.05. The highest BCUT2D eigenvalue weighted by Gasteiger charge is 2.20. The number of nitrogens with zero attached hydrogens (tertiary/aromatic N) is 4. The molecule has 0 radical (unpaired) electrons. The summed E-state index contributed by atoms with van der Waals surface area (Å²) in [4.78, 5) is 26.2. The molecule has 10 nitrogen and oxygen atoms in total. The Labute approximate surface area is 178 Å². The Morgan fingerprint density at radius 2 is 1.84 bits per heavy atom. The van der Waals surface area contributed by atoms with E-state index in [4.69, 9.17) is 0 Å². The van der Waals surface area contributed by atoms with Crippen LogP contribution in [-0.4, -0.2) is 36.1 Å². The summed E-state index contributed by atoms with van der Waals surface area (Å²) in [5.74, 6) is 0. The van der Waals surface area contributed by atoms with Crippen LogP contribution in [0, 0.1) is 15.0 Å². The van der Waals surface area contributed by atoms with Gasteiger partial charge < -0.3 is 4.84 Å². The molecule has 1 heterocycles. The first kappa shape index (κ1) is 22.1. The summed E-state index contributed by atoms with van der Waals surface area (Å²) >= 11 is 0. The van der Waals surface area contributed by atoms with Gasteiger partial charge in [-0.15, -0.1) is 10.1 Å². The monoisotopic (exact) mass is 444 g/mol. The van der Waals surface area contributed by atoms with Crippen molar-refractivity contribution in [3.05, 3.63) is 81.4 Å². The quantitative estimate of drug-likeness (QED) is 0.201. The summed E-state index contributed by atoms with van der Waals surface area (Å²) < 4.78 is 25.2. The molecule has 11 heteroatoms. The molecule has 31 heavy (non-hydrogen) atoms. The lowest BCUT2D eigenvalue weighted by Gasteiger charge is -2.08. The minimum atomic E-state index is -3.33. The maximum atomic E-state index is 11.8. The normalized spacial score (nSPS) is 12.3. The van der Waals surface area contributed by atoms with Crippen LogP contribution in [0.15, 0.2) is 70.7 Å². The van der Waals surface area contributed by atoms with Crippen LogP contribution < -0.4 is 0 Å². The molecule has 0 saturated heterocycles. The first-order valence-corrected chi connectivity index (χ1v) is 11.2. The predicted octanol–water partition coefficient (Wildman–Crippen LogP) is 3.74. The van der Waals surface area contributed by atoms with Crippen molar-refractivity contribution in [2.24, 2.45) is 5.18 Å². The molecule has 0 aliphatic rings. The zero-order chi connectivity index (χ0) is 22.4. The van der Waals surface area contributed by atoms with Gasteiger partial charge >= 0.3 is 0 Å². The highest BCUT2D eigenvalue weighted by Crippen LogP contribution is 2.30. The topological polar surface area (TPSA) is 134 Å². The Bertz CT molecular complexity index is 1160. The van der Waals surface area contributed by atoms with Crippen LogP contribution in [0.3, 0.4) is 0 Å². The third-order valence-corrected chi connectivity index (χ3v) is 5.72. The lowest BCUT2D eigenvalue weighted by molar-refractivity contribution is -0.757. The van der Waals surface area contributed by atoms with Gasteiger partial charge in [0.25, 0.3) is 5.09 Å². The Kier molecular flexibility index (Phi) is 6.75. The van der Waals surface area contributed by atoms with Crippen molar-refractivity contribution in [1.29, 1.82) is 0 Å². The number of aromatic nitrogens is 2. The molecule has 1 aromatic heterocycles. The van der Waals surface area contributed by atoms with Gasteiger partial charge in [-0.25, -0.2) is 13.1 Å². The Hall–Kier alpha value is -3.60. The second kappa shape index (κ2) is 9.47. The largest absolute Gasteiger partial charge is 0.314 e. The maximum Gasteiger partial charge on any atom is 0.294 e. The van der Waals surface area contributed by atoms with Crippen molar-refractivity contribution in [1.82, 2.24) is 9.78 Å². The van der Waals surface area contributed by atoms with E-state index in [1.54, 1.807) is 22.9 Å². The van der Waals surface area contributed by atoms with Crippen LogP contribution >= 0.6 is 0 Å². The first-order chi connectivity index (χ1) is 14.8. The molecule has 0 aliphatic heterocycles. The Morgan fingerprint density at radius 3 is 2.42 bits per heavy atom. The first-order valence-electron chi connectivity index (χ1n) is 9.35. The van der Waals surface area contributed by atoms with Gasteiger partial charge in [0.2, 0.25) is 0 Å². The third-order valence-electron chi connectivity index (χ3n) is 4.59. The van der Waals surface area contributed by atoms with Gasteiger partial charge in [-0.3, -0.25) is 0 Å². The number of hydrogen-bond donors (Lipinski definition) is 0. The minimum absolute atomic E-state index is 0.141. The number of rotatable bonds is 10. The predicted molar refractivity (Wildman–Crippen MR) is 113 cm³/mol. The molecule has 0 saturated carbocycles. The van der Waals surface area contributed by atoms with Gasteiger partial charge in [-0.2, -0.15) is 10.0 Å². The summed E-state index contributed by atoms with van der Waals surface area (Å²) in [6, 6.07) is 16.5. The molecule has 0 spiro atoms. The molecular formula is C20H20N4O6S. The molecular weight excluding hydrogens is 424 g/mol. The van der Waals surface area contributed by atoms with Crippen molar-refractivity contribution >= 4 is 9.84 Å². The summed E-state index contributed by atoms with van der Waals surface area (Å²) in [7, 11) is -3.33. The number of benzene rings is 2. The molecule has 1 unspecified atom stereocenters. The molecule has 3 aromatic rings. The number of nitroso groups, excluding NO2 is 1. The van der Waals surface area contributed by atoms with Gasteiger partial charge in [0.1, 0.15) is 6.04 Å². The number of hydrogen-bond acceptors (Lipinski definition) is 8. The fraction of sp³-hybridized carbons (Fsp3) is 0.250. The second-order valence-corrected chi connectivity index (χ2v) is 8.83.